The van der Waals surface area contributed by atoms with Crippen LogP contribution in [0.25, 0.3) is 0 Å². The predicted molar refractivity (Wildman–Crippen MR) is 68.7 cm³/mol. The Balaban J connectivity index is 2.25. The van der Waals surface area contributed by atoms with Gasteiger partial charge in [-0.2, -0.15) is 0 Å². The molecule has 5 nitrogen and oxygen atoms in total. The highest BCUT2D eigenvalue weighted by Crippen LogP contribution is 2.20. The smallest absolute Gasteiger partial charge is 0.332 e. The fraction of sp³-hybridized carbons (Fsp3) is 0.167. The topological polar surface area (TPSA) is 67.2 Å². The second-order valence-corrected chi connectivity index (χ2v) is 4.29. The molecule has 0 saturated carbocycles. The zero-order valence-electron chi connectivity index (χ0n) is 9.67. The van der Waals surface area contributed by atoms with Gasteiger partial charge in [-0.25, -0.2) is 9.78 Å². The van der Waals surface area contributed by atoms with Gasteiger partial charge in [0.15, 0.2) is 6.04 Å². The van der Waals surface area contributed by atoms with Crippen molar-refractivity contribution in [3.63, 3.8) is 0 Å². The highest BCUT2D eigenvalue weighted by molar-refractivity contribution is 6.30. The molecule has 0 aliphatic carbocycles. The van der Waals surface area contributed by atoms with Crippen LogP contribution in [0.15, 0.2) is 36.8 Å². The van der Waals surface area contributed by atoms with E-state index in [4.69, 9.17) is 11.6 Å². The molecule has 0 spiro atoms. The first kappa shape index (κ1) is 12.4. The molecule has 0 amide bonds. The number of anilines is 1. The molecule has 0 radical (unpaired) electrons. The summed E-state index contributed by atoms with van der Waals surface area (Å²) in [6, 6.07) is 6.01. The van der Waals surface area contributed by atoms with Crippen molar-refractivity contribution in [3.8, 4) is 0 Å². The Bertz CT molecular complexity index is 551. The van der Waals surface area contributed by atoms with E-state index in [1.165, 1.54) is 6.20 Å². The maximum absolute atomic E-state index is 11.3. The zero-order chi connectivity index (χ0) is 13.1. The van der Waals surface area contributed by atoms with Crippen molar-refractivity contribution in [1.29, 1.82) is 0 Å². The van der Waals surface area contributed by atoms with Gasteiger partial charge in [-0.15, -0.1) is 0 Å². The summed E-state index contributed by atoms with van der Waals surface area (Å²) < 4.78 is 1.67. The molecule has 2 N–H and O–H groups in total. The number of halogens is 1. The van der Waals surface area contributed by atoms with Crippen molar-refractivity contribution in [3.05, 3.63) is 47.5 Å². The Hall–Kier alpha value is -2.01. The number of carbonyl (C=O) groups is 1. The Kier molecular flexibility index (Phi) is 3.53. The van der Waals surface area contributed by atoms with Crippen molar-refractivity contribution in [1.82, 2.24) is 9.55 Å². The van der Waals surface area contributed by atoms with Gasteiger partial charge in [0, 0.05) is 17.8 Å². The van der Waals surface area contributed by atoms with Crippen LogP contribution in [0.1, 0.15) is 11.7 Å². The molecular weight excluding hydrogens is 254 g/mol. The van der Waals surface area contributed by atoms with Gasteiger partial charge in [-0.05, 0) is 24.3 Å². The number of hydrogen-bond acceptors (Lipinski definition) is 3. The van der Waals surface area contributed by atoms with Crippen LogP contribution in [-0.2, 0) is 11.8 Å². The average molecular weight is 266 g/mol. The van der Waals surface area contributed by atoms with Gasteiger partial charge in [0.2, 0.25) is 0 Å². The number of carboxylic acids is 1. The first-order chi connectivity index (χ1) is 8.58. The van der Waals surface area contributed by atoms with Gasteiger partial charge < -0.3 is 15.0 Å². The number of aliphatic carboxylic acids is 1. The van der Waals surface area contributed by atoms with Crippen LogP contribution < -0.4 is 5.32 Å². The number of aryl methyl sites for hydroxylation is 1. The lowest BCUT2D eigenvalue weighted by Gasteiger charge is -2.16. The number of aromatic nitrogens is 2. The van der Waals surface area contributed by atoms with Gasteiger partial charge in [0.1, 0.15) is 0 Å². The van der Waals surface area contributed by atoms with Crippen LogP contribution in [0.2, 0.25) is 5.02 Å². The maximum Gasteiger partial charge on any atom is 0.332 e. The molecule has 18 heavy (non-hydrogen) atoms. The number of nitrogens with zero attached hydrogens (tertiary/aromatic N) is 2. The summed E-state index contributed by atoms with van der Waals surface area (Å²) in [5, 5.41) is 12.8. The number of hydrogen-bond donors (Lipinski definition) is 2. The molecular formula is C12H12ClN3O2. The number of rotatable bonds is 4. The van der Waals surface area contributed by atoms with Crippen molar-refractivity contribution in [2.45, 2.75) is 6.04 Å². The lowest BCUT2D eigenvalue weighted by Crippen LogP contribution is -2.22. The summed E-state index contributed by atoms with van der Waals surface area (Å²) in [7, 11) is 1.75. The first-order valence-corrected chi connectivity index (χ1v) is 5.67. The molecule has 0 bridgehead atoms. The molecule has 1 aromatic heterocycles. The largest absolute Gasteiger partial charge is 0.479 e. The minimum Gasteiger partial charge on any atom is -0.479 e. The molecule has 0 saturated heterocycles. The van der Waals surface area contributed by atoms with E-state index < -0.39 is 12.0 Å². The molecule has 2 aromatic rings. The number of imidazole rings is 1. The monoisotopic (exact) mass is 265 g/mol. The van der Waals surface area contributed by atoms with E-state index in [0.717, 1.165) is 0 Å². The predicted octanol–water partition coefficient (Wildman–Crippen LogP) is 2.31. The van der Waals surface area contributed by atoms with Crippen molar-refractivity contribution < 1.29 is 9.90 Å². The van der Waals surface area contributed by atoms with E-state index in [1.807, 2.05) is 0 Å². The van der Waals surface area contributed by atoms with Gasteiger partial charge in [0.25, 0.3) is 0 Å². The van der Waals surface area contributed by atoms with E-state index in [-0.39, 0.29) is 0 Å². The molecule has 94 valence electrons. The number of benzene rings is 1. The van der Waals surface area contributed by atoms with Crippen LogP contribution in [-0.4, -0.2) is 20.6 Å². The Labute approximate surface area is 109 Å². The first-order valence-electron chi connectivity index (χ1n) is 5.29. The molecule has 1 unspecified atom stereocenters. The van der Waals surface area contributed by atoms with Crippen LogP contribution >= 0.6 is 11.6 Å². The molecule has 1 aromatic carbocycles. The van der Waals surface area contributed by atoms with Crippen LogP contribution in [0.4, 0.5) is 5.69 Å². The molecule has 1 heterocycles. The van der Waals surface area contributed by atoms with Crippen LogP contribution in [0.3, 0.4) is 0 Å². The summed E-state index contributed by atoms with van der Waals surface area (Å²) in [5.41, 5.74) is 1.27. The van der Waals surface area contributed by atoms with Crippen LogP contribution in [0.5, 0.6) is 0 Å². The Morgan fingerprint density at radius 3 is 2.61 bits per heavy atom. The SMILES string of the molecule is Cn1cncc1C(Nc1ccc(Cl)cc1)C(=O)O. The molecule has 2 rings (SSSR count). The average Bonchev–Trinajstić information content (AvgIpc) is 2.74. The van der Waals surface area contributed by atoms with Gasteiger partial charge in [0.05, 0.1) is 18.2 Å². The Morgan fingerprint density at radius 1 is 1.44 bits per heavy atom. The van der Waals surface area contributed by atoms with E-state index in [2.05, 4.69) is 10.3 Å². The summed E-state index contributed by atoms with van der Waals surface area (Å²) in [4.78, 5) is 15.2. The van der Waals surface area contributed by atoms with Crippen LogP contribution in [0, 0.1) is 0 Å². The van der Waals surface area contributed by atoms with Crippen molar-refractivity contribution >= 4 is 23.3 Å². The molecule has 6 heteroatoms. The minimum atomic E-state index is -0.964. The fourth-order valence-electron chi connectivity index (χ4n) is 1.62. The summed E-state index contributed by atoms with van der Waals surface area (Å²) in [6.45, 7) is 0. The zero-order valence-corrected chi connectivity index (χ0v) is 10.4. The summed E-state index contributed by atoms with van der Waals surface area (Å²) in [5.74, 6) is -0.964. The number of nitrogens with one attached hydrogen (secondary N) is 1. The molecule has 0 fully saturated rings. The lowest BCUT2D eigenvalue weighted by atomic mass is 10.2. The minimum absolute atomic E-state index is 0.581. The molecule has 0 aliphatic heterocycles. The van der Waals surface area contributed by atoms with Gasteiger partial charge in [-0.3, -0.25) is 0 Å². The van der Waals surface area contributed by atoms with E-state index in [1.54, 1.807) is 42.2 Å². The van der Waals surface area contributed by atoms with E-state index in [9.17, 15) is 9.90 Å². The van der Waals surface area contributed by atoms with E-state index in [0.29, 0.717) is 16.4 Å². The highest BCUT2D eigenvalue weighted by Gasteiger charge is 2.22. The highest BCUT2D eigenvalue weighted by atomic mass is 35.5. The third kappa shape index (κ3) is 2.62. The Morgan fingerprint density at radius 2 is 2.11 bits per heavy atom. The normalized spacial score (nSPS) is 12.1. The molecule has 1 atom stereocenters. The third-order valence-electron chi connectivity index (χ3n) is 2.55. The van der Waals surface area contributed by atoms with Gasteiger partial charge >= 0.3 is 5.97 Å². The van der Waals surface area contributed by atoms with Gasteiger partial charge in [-0.1, -0.05) is 11.6 Å². The standard InChI is InChI=1S/C12H12ClN3O2/c1-16-7-14-6-10(16)11(12(17)18)15-9-4-2-8(13)3-5-9/h2-7,11,15H,1H3,(H,17,18). The summed E-state index contributed by atoms with van der Waals surface area (Å²) in [6.07, 6.45) is 3.09. The maximum atomic E-state index is 11.3. The molecule has 0 aliphatic rings. The fourth-order valence-corrected chi connectivity index (χ4v) is 1.75. The second-order valence-electron chi connectivity index (χ2n) is 3.85. The number of carboxylic acid groups (broad SMARTS) is 1. The van der Waals surface area contributed by atoms with E-state index >= 15 is 0 Å². The van der Waals surface area contributed by atoms with Crippen molar-refractivity contribution in [2.75, 3.05) is 5.32 Å². The lowest BCUT2D eigenvalue weighted by molar-refractivity contribution is -0.138. The second kappa shape index (κ2) is 5.10. The van der Waals surface area contributed by atoms with Crippen molar-refractivity contribution in [2.24, 2.45) is 7.05 Å². The quantitative estimate of drug-likeness (QED) is 0.890. The third-order valence-corrected chi connectivity index (χ3v) is 2.80. The summed E-state index contributed by atoms with van der Waals surface area (Å²) >= 11 is 5.78.